The number of methoxy groups -OCH3 is 1. The number of carbonyl (C=O) groups excluding carboxylic acids is 1. The number of para-hydroxylation sites is 2. The first-order valence-corrected chi connectivity index (χ1v) is 9.05. The third-order valence-electron chi connectivity index (χ3n) is 4.49. The molecule has 1 fully saturated rings. The maximum atomic E-state index is 12.7. The smallest absolute Gasteiger partial charge is 0.263 e. The number of anilines is 1. The number of halogens is 1. The van der Waals surface area contributed by atoms with Gasteiger partial charge in [0, 0.05) is 36.9 Å². The Morgan fingerprint density at radius 1 is 1.04 bits per heavy atom. The highest BCUT2D eigenvalue weighted by atomic mass is 35.5. The van der Waals surface area contributed by atoms with E-state index >= 15 is 0 Å². The van der Waals surface area contributed by atoms with E-state index in [1.807, 2.05) is 47.4 Å². The molecule has 6 heteroatoms. The van der Waals surface area contributed by atoms with Crippen LogP contribution in [0.5, 0.6) is 11.5 Å². The quantitative estimate of drug-likeness (QED) is 0.803. The SMILES string of the molecule is COc1ccccc1O[C@H](C)C(=O)N1CCN(c2cccc(Cl)c2)CC1. The number of piperazine rings is 1. The number of hydrogen-bond donors (Lipinski definition) is 0. The van der Waals surface area contributed by atoms with Crippen molar-refractivity contribution in [3.8, 4) is 11.5 Å². The van der Waals surface area contributed by atoms with Gasteiger partial charge in [0.15, 0.2) is 17.6 Å². The summed E-state index contributed by atoms with van der Waals surface area (Å²) < 4.78 is 11.1. The van der Waals surface area contributed by atoms with E-state index in [1.165, 1.54) is 0 Å². The minimum Gasteiger partial charge on any atom is -0.493 e. The Balaban J connectivity index is 1.57. The lowest BCUT2D eigenvalue weighted by molar-refractivity contribution is -0.138. The summed E-state index contributed by atoms with van der Waals surface area (Å²) in [6, 6.07) is 15.1. The van der Waals surface area contributed by atoms with E-state index in [-0.39, 0.29) is 5.91 Å². The molecule has 0 unspecified atom stereocenters. The zero-order valence-corrected chi connectivity index (χ0v) is 15.8. The van der Waals surface area contributed by atoms with Crippen LogP contribution >= 0.6 is 11.6 Å². The van der Waals surface area contributed by atoms with Gasteiger partial charge in [-0.05, 0) is 37.3 Å². The summed E-state index contributed by atoms with van der Waals surface area (Å²) in [5, 5.41) is 0.722. The van der Waals surface area contributed by atoms with Gasteiger partial charge in [0.1, 0.15) is 0 Å². The van der Waals surface area contributed by atoms with Gasteiger partial charge in [-0.2, -0.15) is 0 Å². The summed E-state index contributed by atoms with van der Waals surface area (Å²) in [4.78, 5) is 16.8. The van der Waals surface area contributed by atoms with Gasteiger partial charge in [-0.3, -0.25) is 4.79 Å². The minimum atomic E-state index is -0.566. The van der Waals surface area contributed by atoms with Gasteiger partial charge >= 0.3 is 0 Å². The van der Waals surface area contributed by atoms with Crippen molar-refractivity contribution >= 4 is 23.2 Å². The highest BCUT2D eigenvalue weighted by Gasteiger charge is 2.26. The van der Waals surface area contributed by atoms with Gasteiger partial charge < -0.3 is 19.3 Å². The Morgan fingerprint density at radius 3 is 2.38 bits per heavy atom. The Bertz CT molecular complexity index is 760. The molecule has 1 atom stereocenters. The zero-order chi connectivity index (χ0) is 18.5. The second-order valence-electron chi connectivity index (χ2n) is 6.20. The van der Waals surface area contributed by atoms with Crippen LogP contribution in [0, 0.1) is 0 Å². The molecule has 138 valence electrons. The molecule has 1 amide bonds. The number of benzene rings is 2. The van der Waals surface area contributed by atoms with Crippen LogP contribution in [0.1, 0.15) is 6.92 Å². The van der Waals surface area contributed by atoms with Crippen LogP contribution < -0.4 is 14.4 Å². The van der Waals surface area contributed by atoms with Crippen molar-refractivity contribution in [3.63, 3.8) is 0 Å². The molecule has 0 N–H and O–H groups in total. The largest absolute Gasteiger partial charge is 0.493 e. The predicted molar refractivity (Wildman–Crippen MR) is 103 cm³/mol. The van der Waals surface area contributed by atoms with Gasteiger partial charge in [-0.1, -0.05) is 29.8 Å². The highest BCUT2D eigenvalue weighted by Crippen LogP contribution is 2.27. The van der Waals surface area contributed by atoms with Gasteiger partial charge in [0.05, 0.1) is 7.11 Å². The molecule has 0 radical (unpaired) electrons. The van der Waals surface area contributed by atoms with E-state index in [9.17, 15) is 4.79 Å². The number of amides is 1. The first kappa shape index (κ1) is 18.4. The van der Waals surface area contributed by atoms with Crippen LogP contribution in [-0.4, -0.2) is 50.2 Å². The lowest BCUT2D eigenvalue weighted by Crippen LogP contribution is -2.52. The number of carbonyl (C=O) groups is 1. The van der Waals surface area contributed by atoms with Crippen LogP contribution in [0.3, 0.4) is 0 Å². The predicted octanol–water partition coefficient (Wildman–Crippen LogP) is 3.46. The molecule has 3 rings (SSSR count). The maximum Gasteiger partial charge on any atom is 0.263 e. The fraction of sp³-hybridized carbons (Fsp3) is 0.350. The Morgan fingerprint density at radius 2 is 1.73 bits per heavy atom. The first-order chi connectivity index (χ1) is 12.6. The summed E-state index contributed by atoms with van der Waals surface area (Å²) in [6.45, 7) is 4.63. The average molecular weight is 375 g/mol. The average Bonchev–Trinajstić information content (AvgIpc) is 2.68. The molecule has 2 aromatic rings. The first-order valence-electron chi connectivity index (χ1n) is 8.67. The van der Waals surface area contributed by atoms with E-state index in [1.54, 1.807) is 20.1 Å². The second-order valence-corrected chi connectivity index (χ2v) is 6.64. The zero-order valence-electron chi connectivity index (χ0n) is 15.0. The Labute approximate surface area is 159 Å². The van der Waals surface area contributed by atoms with E-state index in [0.717, 1.165) is 23.8 Å². The summed E-state index contributed by atoms with van der Waals surface area (Å²) in [5.74, 6) is 1.19. The molecule has 0 bridgehead atoms. The summed E-state index contributed by atoms with van der Waals surface area (Å²) in [6.07, 6.45) is -0.566. The number of ether oxygens (including phenoxy) is 2. The van der Waals surface area contributed by atoms with Crippen LogP contribution in [0.25, 0.3) is 0 Å². The van der Waals surface area contributed by atoms with Crippen molar-refractivity contribution in [1.29, 1.82) is 0 Å². The summed E-state index contributed by atoms with van der Waals surface area (Å²) in [7, 11) is 1.59. The minimum absolute atomic E-state index is 0.0124. The molecule has 1 aliphatic rings. The molecule has 0 aliphatic carbocycles. The van der Waals surface area contributed by atoms with E-state index in [4.69, 9.17) is 21.1 Å². The molecular formula is C20H23ClN2O3. The van der Waals surface area contributed by atoms with Crippen molar-refractivity contribution in [2.24, 2.45) is 0 Å². The fourth-order valence-corrected chi connectivity index (χ4v) is 3.26. The highest BCUT2D eigenvalue weighted by molar-refractivity contribution is 6.30. The third-order valence-corrected chi connectivity index (χ3v) is 4.72. The molecule has 5 nitrogen and oxygen atoms in total. The van der Waals surface area contributed by atoms with Crippen molar-refractivity contribution < 1.29 is 14.3 Å². The van der Waals surface area contributed by atoms with E-state index in [0.29, 0.717) is 24.6 Å². The van der Waals surface area contributed by atoms with Gasteiger partial charge in [-0.25, -0.2) is 0 Å². The lowest BCUT2D eigenvalue weighted by atomic mass is 10.2. The molecule has 26 heavy (non-hydrogen) atoms. The number of rotatable bonds is 5. The molecule has 1 saturated heterocycles. The lowest BCUT2D eigenvalue weighted by Gasteiger charge is -2.37. The van der Waals surface area contributed by atoms with Crippen LogP contribution in [0.15, 0.2) is 48.5 Å². The fourth-order valence-electron chi connectivity index (χ4n) is 3.07. The second kappa shape index (κ2) is 8.32. The standard InChI is InChI=1S/C20H23ClN2O3/c1-15(26-19-9-4-3-8-18(19)25-2)20(24)23-12-10-22(11-13-23)17-7-5-6-16(21)14-17/h3-9,14-15H,10-13H2,1-2H3/t15-/m1/s1. The van der Waals surface area contributed by atoms with E-state index < -0.39 is 6.10 Å². The molecule has 1 heterocycles. The topological polar surface area (TPSA) is 42.0 Å². The normalized spacial score (nSPS) is 15.5. The number of nitrogens with zero attached hydrogens (tertiary/aromatic N) is 2. The molecule has 2 aromatic carbocycles. The Hall–Kier alpha value is -2.40. The third kappa shape index (κ3) is 4.22. The van der Waals surface area contributed by atoms with Crippen LogP contribution in [-0.2, 0) is 4.79 Å². The van der Waals surface area contributed by atoms with E-state index in [2.05, 4.69) is 4.90 Å². The monoisotopic (exact) mass is 374 g/mol. The molecule has 0 aromatic heterocycles. The molecular weight excluding hydrogens is 352 g/mol. The number of hydrogen-bond acceptors (Lipinski definition) is 4. The van der Waals surface area contributed by atoms with Gasteiger partial charge in [0.25, 0.3) is 5.91 Å². The van der Waals surface area contributed by atoms with Gasteiger partial charge in [0.2, 0.25) is 0 Å². The summed E-state index contributed by atoms with van der Waals surface area (Å²) in [5.41, 5.74) is 1.09. The summed E-state index contributed by atoms with van der Waals surface area (Å²) >= 11 is 6.07. The van der Waals surface area contributed by atoms with Crippen LogP contribution in [0.2, 0.25) is 5.02 Å². The molecule has 0 saturated carbocycles. The van der Waals surface area contributed by atoms with Crippen molar-refractivity contribution in [2.75, 3.05) is 38.2 Å². The molecule has 1 aliphatic heterocycles. The van der Waals surface area contributed by atoms with Gasteiger partial charge in [-0.15, -0.1) is 0 Å². The van der Waals surface area contributed by atoms with Crippen LogP contribution in [0.4, 0.5) is 5.69 Å². The Kier molecular flexibility index (Phi) is 5.89. The van der Waals surface area contributed by atoms with Crippen molar-refractivity contribution in [1.82, 2.24) is 4.90 Å². The van der Waals surface area contributed by atoms with Crippen molar-refractivity contribution in [3.05, 3.63) is 53.6 Å². The molecule has 0 spiro atoms. The maximum absolute atomic E-state index is 12.7. The van der Waals surface area contributed by atoms with Crippen molar-refractivity contribution in [2.45, 2.75) is 13.0 Å².